The first-order valence-electron chi connectivity index (χ1n) is 10.2. The molecule has 0 saturated heterocycles. The number of nitrogens with one attached hydrogen (secondary N) is 1. The molecule has 2 aromatic rings. The van der Waals surface area contributed by atoms with Crippen LogP contribution in [-0.4, -0.2) is 55.4 Å². The maximum atomic E-state index is 13.1. The first-order chi connectivity index (χ1) is 15.5. The van der Waals surface area contributed by atoms with Crippen molar-refractivity contribution < 1.29 is 36.3 Å². The number of aliphatic hydroxyl groups is 1. The molecule has 0 aromatic heterocycles. The molecule has 11 heteroatoms. The van der Waals surface area contributed by atoms with Gasteiger partial charge in [0, 0.05) is 18.7 Å². The van der Waals surface area contributed by atoms with E-state index in [4.69, 9.17) is 0 Å². The number of sulfone groups is 1. The summed E-state index contributed by atoms with van der Waals surface area (Å²) in [7, 11) is -5.57. The van der Waals surface area contributed by atoms with Crippen molar-refractivity contribution in [1.29, 1.82) is 0 Å². The van der Waals surface area contributed by atoms with Crippen molar-refractivity contribution in [2.24, 2.45) is 0 Å². The van der Waals surface area contributed by atoms with Gasteiger partial charge in [0.2, 0.25) is 5.91 Å². The Labute approximate surface area is 190 Å². The molecule has 0 heterocycles. The zero-order chi connectivity index (χ0) is 24.6. The average Bonchev–Trinajstić information content (AvgIpc) is 2.78. The number of rotatable bonds is 10. The quantitative estimate of drug-likeness (QED) is 0.503. The lowest BCUT2D eigenvalue weighted by Crippen LogP contribution is -2.45. The Morgan fingerprint density at radius 3 is 2.18 bits per heavy atom. The molecule has 2 amide bonds. The van der Waals surface area contributed by atoms with Gasteiger partial charge in [-0.3, -0.25) is 9.59 Å². The summed E-state index contributed by atoms with van der Waals surface area (Å²) in [5.74, 6) is -1.18. The number of alkyl halides is 3. The molecule has 0 saturated carbocycles. The van der Waals surface area contributed by atoms with Gasteiger partial charge in [0.15, 0.2) is 0 Å². The van der Waals surface area contributed by atoms with Crippen molar-refractivity contribution in [2.75, 3.05) is 19.7 Å². The lowest BCUT2D eigenvalue weighted by molar-refractivity contribution is -0.126. The third-order valence-electron chi connectivity index (χ3n) is 4.82. The minimum absolute atomic E-state index is 0.0999. The van der Waals surface area contributed by atoms with Gasteiger partial charge in [0.25, 0.3) is 15.7 Å². The molecule has 33 heavy (non-hydrogen) atoms. The molecule has 0 radical (unpaired) electrons. The van der Waals surface area contributed by atoms with E-state index < -0.39 is 44.7 Å². The number of benzene rings is 2. The van der Waals surface area contributed by atoms with Crippen molar-refractivity contribution >= 4 is 21.7 Å². The highest BCUT2D eigenvalue weighted by Crippen LogP contribution is 2.32. The minimum atomic E-state index is -5.57. The topological polar surface area (TPSA) is 104 Å². The van der Waals surface area contributed by atoms with Crippen molar-refractivity contribution in [3.63, 3.8) is 0 Å². The molecule has 2 N–H and O–H groups in total. The summed E-state index contributed by atoms with van der Waals surface area (Å²) >= 11 is 0. The number of aliphatic hydroxyl groups excluding tert-OH is 1. The molecular weight excluding hydrogens is 461 g/mol. The number of nitrogens with zero attached hydrogens (tertiary/aromatic N) is 1. The molecule has 0 aliphatic heterocycles. The van der Waals surface area contributed by atoms with Crippen molar-refractivity contribution in [2.45, 2.75) is 36.2 Å². The van der Waals surface area contributed by atoms with Crippen LogP contribution in [0, 0.1) is 0 Å². The summed E-state index contributed by atoms with van der Waals surface area (Å²) in [5.41, 5.74) is -5.13. The molecule has 2 rings (SSSR count). The Hall–Kier alpha value is -2.92. The van der Waals surface area contributed by atoms with Gasteiger partial charge < -0.3 is 15.3 Å². The molecule has 2 aromatic carbocycles. The van der Waals surface area contributed by atoms with E-state index >= 15 is 0 Å². The summed E-state index contributed by atoms with van der Waals surface area (Å²) in [4.78, 5) is 26.3. The Morgan fingerprint density at radius 1 is 1.06 bits per heavy atom. The first kappa shape index (κ1) is 26.3. The van der Waals surface area contributed by atoms with Crippen LogP contribution in [0.2, 0.25) is 0 Å². The second-order valence-electron chi connectivity index (χ2n) is 7.15. The standard InChI is InChI=1S/C22H25F3N2O5S/c1-2-3-13-26-20(29)19(27(14-15-28)21(30)17-7-5-4-6-8-17)16-9-11-18(12-10-16)33(31,32)22(23,24)25/h4-12,19,28H,2-3,13-15H2,1H3,(H,26,29). The summed E-state index contributed by atoms with van der Waals surface area (Å²) in [6.07, 6.45) is 1.45. The van der Waals surface area contributed by atoms with E-state index in [2.05, 4.69) is 5.32 Å². The van der Waals surface area contributed by atoms with Gasteiger partial charge in [0.1, 0.15) is 6.04 Å². The molecule has 7 nitrogen and oxygen atoms in total. The van der Waals surface area contributed by atoms with E-state index in [1.54, 1.807) is 18.2 Å². The van der Waals surface area contributed by atoms with E-state index in [1.807, 2.05) is 6.92 Å². The highest BCUT2D eigenvalue weighted by molar-refractivity contribution is 7.92. The third-order valence-corrected chi connectivity index (χ3v) is 6.33. The Bertz CT molecular complexity index is 1040. The van der Waals surface area contributed by atoms with Crippen LogP contribution in [0.4, 0.5) is 13.2 Å². The molecule has 0 aliphatic carbocycles. The second kappa shape index (κ2) is 11.3. The van der Waals surface area contributed by atoms with Crippen molar-refractivity contribution in [3.05, 3.63) is 65.7 Å². The van der Waals surface area contributed by atoms with Gasteiger partial charge in [-0.05, 0) is 36.2 Å². The fraction of sp³-hybridized carbons (Fsp3) is 0.364. The predicted molar refractivity (Wildman–Crippen MR) is 115 cm³/mol. The molecule has 0 bridgehead atoms. The van der Waals surface area contributed by atoms with Crippen LogP contribution in [0.5, 0.6) is 0 Å². The van der Waals surface area contributed by atoms with Crippen LogP contribution >= 0.6 is 0 Å². The molecule has 0 aliphatic rings. The van der Waals surface area contributed by atoms with E-state index in [-0.39, 0.29) is 17.7 Å². The zero-order valence-corrected chi connectivity index (χ0v) is 18.7. The van der Waals surface area contributed by atoms with Crippen molar-refractivity contribution in [1.82, 2.24) is 10.2 Å². The van der Waals surface area contributed by atoms with Gasteiger partial charge in [-0.1, -0.05) is 43.7 Å². The first-order valence-corrected chi connectivity index (χ1v) is 11.7. The van der Waals surface area contributed by atoms with Crippen molar-refractivity contribution in [3.8, 4) is 0 Å². The van der Waals surface area contributed by atoms with Crippen LogP contribution in [-0.2, 0) is 14.6 Å². The lowest BCUT2D eigenvalue weighted by Gasteiger charge is -2.31. The van der Waals surface area contributed by atoms with Gasteiger partial charge in [0.05, 0.1) is 11.5 Å². The van der Waals surface area contributed by atoms with Crippen LogP contribution in [0.15, 0.2) is 59.5 Å². The molecule has 1 atom stereocenters. The van der Waals surface area contributed by atoms with E-state index in [1.165, 1.54) is 12.1 Å². The molecule has 0 spiro atoms. The van der Waals surface area contributed by atoms with Gasteiger partial charge in [-0.25, -0.2) is 8.42 Å². The minimum Gasteiger partial charge on any atom is -0.395 e. The zero-order valence-electron chi connectivity index (χ0n) is 17.9. The maximum Gasteiger partial charge on any atom is 0.501 e. The van der Waals surface area contributed by atoms with E-state index in [0.29, 0.717) is 13.0 Å². The fourth-order valence-electron chi connectivity index (χ4n) is 3.12. The van der Waals surface area contributed by atoms with Crippen LogP contribution in [0.3, 0.4) is 0 Å². The predicted octanol–water partition coefficient (Wildman–Crippen LogP) is 3.07. The van der Waals surface area contributed by atoms with Crippen LogP contribution in [0.1, 0.15) is 41.7 Å². The molecule has 1 unspecified atom stereocenters. The van der Waals surface area contributed by atoms with Crippen LogP contribution < -0.4 is 5.32 Å². The number of halogens is 3. The Morgan fingerprint density at radius 2 is 1.67 bits per heavy atom. The largest absolute Gasteiger partial charge is 0.501 e. The second-order valence-corrected chi connectivity index (χ2v) is 9.09. The summed E-state index contributed by atoms with van der Waals surface area (Å²) in [6.45, 7) is 1.51. The monoisotopic (exact) mass is 486 g/mol. The normalized spacial score (nSPS) is 12.8. The maximum absolute atomic E-state index is 13.1. The molecular formula is C22H25F3N2O5S. The van der Waals surface area contributed by atoms with E-state index in [9.17, 15) is 36.3 Å². The number of hydrogen-bond donors (Lipinski definition) is 2. The molecule has 180 valence electrons. The molecule has 0 fully saturated rings. The SMILES string of the molecule is CCCCNC(=O)C(c1ccc(S(=O)(=O)C(F)(F)F)cc1)N(CCO)C(=O)c1ccccc1. The lowest BCUT2D eigenvalue weighted by atomic mass is 10.0. The third kappa shape index (κ3) is 6.32. The van der Waals surface area contributed by atoms with Gasteiger partial charge in [-0.2, -0.15) is 13.2 Å². The number of hydrogen-bond acceptors (Lipinski definition) is 5. The number of unbranched alkanes of at least 4 members (excludes halogenated alkanes) is 1. The fourth-order valence-corrected chi connectivity index (χ4v) is 3.88. The van der Waals surface area contributed by atoms with Gasteiger partial charge >= 0.3 is 5.51 Å². The van der Waals surface area contributed by atoms with E-state index in [0.717, 1.165) is 35.6 Å². The van der Waals surface area contributed by atoms with Crippen LogP contribution in [0.25, 0.3) is 0 Å². The highest BCUT2D eigenvalue weighted by Gasteiger charge is 2.47. The smallest absolute Gasteiger partial charge is 0.395 e. The number of amides is 2. The highest BCUT2D eigenvalue weighted by atomic mass is 32.2. The summed E-state index contributed by atoms with van der Waals surface area (Å²) in [6, 6.07) is 10.3. The Kier molecular flexibility index (Phi) is 9.00. The summed E-state index contributed by atoms with van der Waals surface area (Å²) < 4.78 is 61.9. The average molecular weight is 487 g/mol. The van der Waals surface area contributed by atoms with Gasteiger partial charge in [-0.15, -0.1) is 0 Å². The number of carbonyl (C=O) groups excluding carboxylic acids is 2. The summed E-state index contributed by atoms with van der Waals surface area (Å²) in [5, 5.41) is 12.2. The number of carbonyl (C=O) groups is 2. The Balaban J connectivity index is 2.50.